The highest BCUT2D eigenvalue weighted by atomic mass is 15.1. The second-order valence-electron chi connectivity index (χ2n) is 4.06. The van der Waals surface area contributed by atoms with Crippen LogP contribution in [-0.2, 0) is 6.54 Å². The molecule has 0 unspecified atom stereocenters. The van der Waals surface area contributed by atoms with Crippen molar-refractivity contribution in [3.63, 3.8) is 0 Å². The van der Waals surface area contributed by atoms with Crippen molar-refractivity contribution in [1.82, 2.24) is 0 Å². The van der Waals surface area contributed by atoms with E-state index in [9.17, 15) is 0 Å². The van der Waals surface area contributed by atoms with Gasteiger partial charge in [0, 0.05) is 19.3 Å². The Bertz CT molecular complexity index is 472. The normalized spacial score (nSPS) is 13.4. The average Bonchev–Trinajstić information content (AvgIpc) is 2.49. The second-order valence-corrected chi connectivity index (χ2v) is 4.06. The molecule has 2 aromatic rings. The summed E-state index contributed by atoms with van der Waals surface area (Å²) in [5, 5.41) is 3.47. The first-order valence-corrected chi connectivity index (χ1v) is 5.51. The van der Waals surface area contributed by atoms with Crippen molar-refractivity contribution in [2.45, 2.75) is 6.54 Å². The monoisotopic (exact) mass is 210 g/mol. The molecular weight excluding hydrogens is 196 g/mol. The first-order chi connectivity index (χ1) is 7.86. The molecule has 1 heterocycles. The molecule has 1 aliphatic rings. The number of hydrogen-bond acceptors (Lipinski definition) is 2. The molecule has 1 aliphatic heterocycles. The predicted molar refractivity (Wildman–Crippen MR) is 68.3 cm³/mol. The van der Waals surface area contributed by atoms with Gasteiger partial charge in [0.25, 0.3) is 0 Å². The number of para-hydroxylation sites is 3. The Kier molecular flexibility index (Phi) is 2.07. The average molecular weight is 210 g/mol. The molecule has 0 spiro atoms. The standard InChI is InChI=1S/C14H14N2/c1-16-13-8-4-2-6-11(13)10-15-12-7-3-5-9-14(12)16/h2-9,15H,10H2,1H3. The minimum atomic E-state index is 0.886. The fraction of sp³-hybridized carbons (Fsp3) is 0.143. The Morgan fingerprint density at radius 2 is 1.62 bits per heavy atom. The van der Waals surface area contributed by atoms with E-state index in [2.05, 4.69) is 65.8 Å². The summed E-state index contributed by atoms with van der Waals surface area (Å²) in [5.41, 5.74) is 5.04. The van der Waals surface area contributed by atoms with Crippen molar-refractivity contribution >= 4 is 17.1 Å². The van der Waals surface area contributed by atoms with Crippen LogP contribution in [0, 0.1) is 0 Å². The Labute approximate surface area is 95.5 Å². The lowest BCUT2D eigenvalue weighted by atomic mass is 10.1. The zero-order valence-corrected chi connectivity index (χ0v) is 9.27. The van der Waals surface area contributed by atoms with E-state index in [1.54, 1.807) is 0 Å². The lowest BCUT2D eigenvalue weighted by molar-refractivity contribution is 1.15. The van der Waals surface area contributed by atoms with Gasteiger partial charge in [-0.25, -0.2) is 0 Å². The number of hydrogen-bond donors (Lipinski definition) is 1. The molecule has 0 aromatic heterocycles. The smallest absolute Gasteiger partial charge is 0.0644 e. The summed E-state index contributed by atoms with van der Waals surface area (Å²) in [4.78, 5) is 2.24. The molecule has 0 saturated heterocycles. The third-order valence-corrected chi connectivity index (χ3v) is 3.09. The van der Waals surface area contributed by atoms with Crippen molar-refractivity contribution in [1.29, 1.82) is 0 Å². The molecule has 0 atom stereocenters. The van der Waals surface area contributed by atoms with Crippen LogP contribution >= 0.6 is 0 Å². The van der Waals surface area contributed by atoms with Crippen molar-refractivity contribution in [2.24, 2.45) is 0 Å². The highest BCUT2D eigenvalue weighted by Gasteiger charge is 2.15. The number of nitrogens with zero attached hydrogens (tertiary/aromatic N) is 1. The SMILES string of the molecule is CN1c2ccccc2CNc2ccccc21. The van der Waals surface area contributed by atoms with Gasteiger partial charge in [-0.3, -0.25) is 0 Å². The molecule has 0 radical (unpaired) electrons. The van der Waals surface area contributed by atoms with Crippen LogP contribution in [0.1, 0.15) is 5.56 Å². The van der Waals surface area contributed by atoms with Gasteiger partial charge in [-0.05, 0) is 23.8 Å². The van der Waals surface area contributed by atoms with Gasteiger partial charge >= 0.3 is 0 Å². The van der Waals surface area contributed by atoms with Crippen LogP contribution in [0.4, 0.5) is 17.1 Å². The molecule has 0 fully saturated rings. The highest BCUT2D eigenvalue weighted by molar-refractivity contribution is 5.79. The molecule has 1 N–H and O–H groups in total. The molecule has 0 bridgehead atoms. The van der Waals surface area contributed by atoms with E-state index in [0.29, 0.717) is 0 Å². The maximum Gasteiger partial charge on any atom is 0.0644 e. The molecule has 2 heteroatoms. The van der Waals surface area contributed by atoms with Crippen molar-refractivity contribution in [3.8, 4) is 0 Å². The number of nitrogens with one attached hydrogen (secondary N) is 1. The largest absolute Gasteiger partial charge is 0.379 e. The lowest BCUT2D eigenvalue weighted by Gasteiger charge is -2.20. The minimum absolute atomic E-state index is 0.886. The van der Waals surface area contributed by atoms with Crippen molar-refractivity contribution in [2.75, 3.05) is 17.3 Å². The summed E-state index contributed by atoms with van der Waals surface area (Å²) in [6.45, 7) is 0.886. The molecule has 0 aliphatic carbocycles. The maximum atomic E-state index is 3.47. The second kappa shape index (κ2) is 3.56. The lowest BCUT2D eigenvalue weighted by Crippen LogP contribution is -2.09. The summed E-state index contributed by atoms with van der Waals surface area (Å²) >= 11 is 0. The highest BCUT2D eigenvalue weighted by Crippen LogP contribution is 2.35. The van der Waals surface area contributed by atoms with Crippen LogP contribution in [-0.4, -0.2) is 7.05 Å². The number of anilines is 3. The first-order valence-electron chi connectivity index (χ1n) is 5.51. The molecule has 0 amide bonds. The zero-order chi connectivity index (χ0) is 11.0. The summed E-state index contributed by atoms with van der Waals surface area (Å²) < 4.78 is 0. The molecule has 2 nitrogen and oxygen atoms in total. The van der Waals surface area contributed by atoms with E-state index in [1.165, 1.54) is 22.6 Å². The maximum absolute atomic E-state index is 3.47. The van der Waals surface area contributed by atoms with Crippen molar-refractivity contribution < 1.29 is 0 Å². The van der Waals surface area contributed by atoms with E-state index in [1.807, 2.05) is 0 Å². The third-order valence-electron chi connectivity index (χ3n) is 3.09. The van der Waals surface area contributed by atoms with Gasteiger partial charge < -0.3 is 10.2 Å². The molecule has 2 aromatic carbocycles. The molecule has 16 heavy (non-hydrogen) atoms. The van der Waals surface area contributed by atoms with Crippen molar-refractivity contribution in [3.05, 3.63) is 54.1 Å². The first kappa shape index (κ1) is 9.28. The summed E-state index contributed by atoms with van der Waals surface area (Å²) in [7, 11) is 2.12. The van der Waals surface area contributed by atoms with Gasteiger partial charge in [-0.1, -0.05) is 30.3 Å². The van der Waals surface area contributed by atoms with Crippen LogP contribution in [0.5, 0.6) is 0 Å². The quantitative estimate of drug-likeness (QED) is 0.717. The van der Waals surface area contributed by atoms with Crippen LogP contribution in [0.15, 0.2) is 48.5 Å². The Morgan fingerprint density at radius 3 is 2.50 bits per heavy atom. The number of rotatable bonds is 0. The van der Waals surface area contributed by atoms with Gasteiger partial charge in [0.15, 0.2) is 0 Å². The van der Waals surface area contributed by atoms with Crippen LogP contribution in [0.25, 0.3) is 0 Å². The fourth-order valence-corrected chi connectivity index (χ4v) is 2.22. The molecular formula is C14H14N2. The van der Waals surface area contributed by atoms with Gasteiger partial charge in [0.2, 0.25) is 0 Å². The Hall–Kier alpha value is -1.96. The van der Waals surface area contributed by atoms with E-state index in [4.69, 9.17) is 0 Å². The third kappa shape index (κ3) is 1.34. The van der Waals surface area contributed by atoms with Crippen LogP contribution in [0.2, 0.25) is 0 Å². The number of benzene rings is 2. The minimum Gasteiger partial charge on any atom is -0.379 e. The summed E-state index contributed by atoms with van der Waals surface area (Å²) in [5.74, 6) is 0. The van der Waals surface area contributed by atoms with Crippen LogP contribution < -0.4 is 10.2 Å². The van der Waals surface area contributed by atoms with Gasteiger partial charge in [0.1, 0.15) is 0 Å². The van der Waals surface area contributed by atoms with E-state index in [-0.39, 0.29) is 0 Å². The fourth-order valence-electron chi connectivity index (χ4n) is 2.22. The Morgan fingerprint density at radius 1 is 0.938 bits per heavy atom. The van der Waals surface area contributed by atoms with Gasteiger partial charge in [-0.15, -0.1) is 0 Å². The van der Waals surface area contributed by atoms with Crippen LogP contribution in [0.3, 0.4) is 0 Å². The number of fused-ring (bicyclic) bond motifs is 2. The topological polar surface area (TPSA) is 15.3 Å². The van der Waals surface area contributed by atoms with E-state index in [0.717, 1.165) is 6.54 Å². The Balaban J connectivity index is 2.18. The van der Waals surface area contributed by atoms with Gasteiger partial charge in [0.05, 0.1) is 11.4 Å². The predicted octanol–water partition coefficient (Wildman–Crippen LogP) is 3.38. The molecule has 80 valence electrons. The summed E-state index contributed by atoms with van der Waals surface area (Å²) in [6.07, 6.45) is 0. The zero-order valence-electron chi connectivity index (χ0n) is 9.27. The van der Waals surface area contributed by atoms with E-state index < -0.39 is 0 Å². The summed E-state index contributed by atoms with van der Waals surface area (Å²) in [6, 6.07) is 16.9. The van der Waals surface area contributed by atoms with Gasteiger partial charge in [-0.2, -0.15) is 0 Å². The van der Waals surface area contributed by atoms with E-state index >= 15 is 0 Å². The molecule has 3 rings (SSSR count). The molecule has 0 saturated carbocycles.